The molecule has 132 valence electrons. The van der Waals surface area contributed by atoms with E-state index in [1.807, 2.05) is 0 Å². The van der Waals surface area contributed by atoms with Gasteiger partial charge in [-0.2, -0.15) is 0 Å². The van der Waals surface area contributed by atoms with Crippen molar-refractivity contribution in [2.75, 3.05) is 17.2 Å². The van der Waals surface area contributed by atoms with Crippen molar-refractivity contribution in [2.24, 2.45) is 0 Å². The Kier molecular flexibility index (Phi) is 5.76. The number of benzene rings is 2. The molecule has 2 N–H and O–H groups in total. The van der Waals surface area contributed by atoms with Crippen LogP contribution in [0.5, 0.6) is 0 Å². The molecule has 2 aromatic carbocycles. The van der Waals surface area contributed by atoms with Gasteiger partial charge in [-0.3, -0.25) is 4.79 Å². The average molecular weight is 371 g/mol. The van der Waals surface area contributed by atoms with E-state index in [2.05, 4.69) is 20.6 Å². The molecule has 0 bridgehead atoms. The molecule has 0 aliphatic heterocycles. The zero-order valence-electron chi connectivity index (χ0n) is 13.7. The molecule has 26 heavy (non-hydrogen) atoms. The maximum absolute atomic E-state index is 13.6. The predicted molar refractivity (Wildman–Crippen MR) is 100 cm³/mol. The zero-order chi connectivity index (χ0) is 18.4. The Morgan fingerprint density at radius 2 is 1.85 bits per heavy atom. The Morgan fingerprint density at radius 1 is 1.08 bits per heavy atom. The monoisotopic (exact) mass is 370 g/mol. The Bertz CT molecular complexity index is 902. The molecule has 7 heteroatoms. The highest BCUT2D eigenvalue weighted by atomic mass is 35.5. The van der Waals surface area contributed by atoms with E-state index < -0.39 is 0 Å². The van der Waals surface area contributed by atoms with Crippen LogP contribution in [0.25, 0.3) is 0 Å². The fourth-order valence-electron chi connectivity index (χ4n) is 2.31. The van der Waals surface area contributed by atoms with Crippen molar-refractivity contribution in [2.45, 2.75) is 6.42 Å². The van der Waals surface area contributed by atoms with E-state index in [0.717, 1.165) is 0 Å². The number of amides is 1. The van der Waals surface area contributed by atoms with E-state index in [9.17, 15) is 9.18 Å². The van der Waals surface area contributed by atoms with E-state index in [0.29, 0.717) is 35.2 Å². The third-order valence-electron chi connectivity index (χ3n) is 3.63. The van der Waals surface area contributed by atoms with Crippen molar-refractivity contribution in [3.63, 3.8) is 0 Å². The third kappa shape index (κ3) is 4.77. The van der Waals surface area contributed by atoms with Crippen molar-refractivity contribution in [3.8, 4) is 0 Å². The first kappa shape index (κ1) is 17.8. The maximum atomic E-state index is 13.6. The summed E-state index contributed by atoms with van der Waals surface area (Å²) in [5, 5.41) is 6.33. The van der Waals surface area contributed by atoms with Gasteiger partial charge in [-0.1, -0.05) is 29.8 Å². The molecule has 1 heterocycles. The average Bonchev–Trinajstić information content (AvgIpc) is 2.65. The molecule has 3 aromatic rings. The number of rotatable bonds is 6. The van der Waals surface area contributed by atoms with E-state index in [4.69, 9.17) is 11.6 Å². The summed E-state index contributed by atoms with van der Waals surface area (Å²) >= 11 is 5.82. The van der Waals surface area contributed by atoms with Crippen LogP contribution in [0.15, 0.2) is 60.8 Å². The first-order valence-corrected chi connectivity index (χ1v) is 8.37. The van der Waals surface area contributed by atoms with Gasteiger partial charge in [-0.25, -0.2) is 14.4 Å². The molecule has 3 rings (SSSR count). The fourth-order valence-corrected chi connectivity index (χ4v) is 2.43. The van der Waals surface area contributed by atoms with Crippen LogP contribution in [0.1, 0.15) is 16.1 Å². The number of hydrogen-bond acceptors (Lipinski definition) is 4. The summed E-state index contributed by atoms with van der Waals surface area (Å²) in [5.41, 5.74) is 1.45. The molecule has 0 unspecified atom stereocenters. The Hall–Kier alpha value is -2.99. The van der Waals surface area contributed by atoms with Crippen LogP contribution in [0, 0.1) is 5.82 Å². The van der Waals surface area contributed by atoms with Crippen molar-refractivity contribution in [1.29, 1.82) is 0 Å². The van der Waals surface area contributed by atoms with Gasteiger partial charge < -0.3 is 10.6 Å². The maximum Gasteiger partial charge on any atom is 0.274 e. The first-order chi connectivity index (χ1) is 12.6. The van der Waals surface area contributed by atoms with Crippen LogP contribution in [0.2, 0.25) is 5.02 Å². The number of nitrogens with zero attached hydrogens (tertiary/aromatic N) is 2. The Balaban J connectivity index is 1.59. The second-order valence-electron chi connectivity index (χ2n) is 5.49. The largest absolute Gasteiger partial charge is 0.354 e. The van der Waals surface area contributed by atoms with Gasteiger partial charge in [-0.15, -0.1) is 0 Å². The molecule has 0 saturated heterocycles. The SMILES string of the molecule is O=C(Nc1ccc(Cl)cc1)c1ccnc(NCCc2ccccc2F)n1. The molecule has 0 radical (unpaired) electrons. The molecule has 0 fully saturated rings. The number of halogens is 2. The molecular weight excluding hydrogens is 355 g/mol. The lowest BCUT2D eigenvalue weighted by Gasteiger charge is -2.08. The Labute approximate surface area is 155 Å². The van der Waals surface area contributed by atoms with E-state index in [1.54, 1.807) is 42.5 Å². The van der Waals surface area contributed by atoms with Gasteiger partial charge >= 0.3 is 0 Å². The highest BCUT2D eigenvalue weighted by Gasteiger charge is 2.09. The predicted octanol–water partition coefficient (Wildman–Crippen LogP) is 4.18. The lowest BCUT2D eigenvalue weighted by molar-refractivity contribution is 0.102. The van der Waals surface area contributed by atoms with E-state index >= 15 is 0 Å². The molecule has 0 aliphatic rings. The Morgan fingerprint density at radius 3 is 2.62 bits per heavy atom. The molecule has 0 spiro atoms. The summed E-state index contributed by atoms with van der Waals surface area (Å²) in [4.78, 5) is 20.5. The number of nitrogens with one attached hydrogen (secondary N) is 2. The summed E-state index contributed by atoms with van der Waals surface area (Å²) in [6.45, 7) is 0.448. The minimum atomic E-state index is -0.355. The van der Waals surface area contributed by atoms with Crippen molar-refractivity contribution in [3.05, 3.63) is 82.9 Å². The summed E-state index contributed by atoms with van der Waals surface area (Å²) in [5.74, 6) is -0.289. The minimum Gasteiger partial charge on any atom is -0.354 e. The van der Waals surface area contributed by atoms with Crippen LogP contribution in [-0.2, 0) is 6.42 Å². The molecule has 0 aliphatic carbocycles. The van der Waals surface area contributed by atoms with Gasteiger partial charge in [0.15, 0.2) is 0 Å². The van der Waals surface area contributed by atoms with Gasteiger partial charge in [0.1, 0.15) is 11.5 Å². The van der Waals surface area contributed by atoms with E-state index in [1.165, 1.54) is 18.3 Å². The molecule has 0 atom stereocenters. The summed E-state index contributed by atoms with van der Waals surface area (Å²) in [7, 11) is 0. The highest BCUT2D eigenvalue weighted by Crippen LogP contribution is 2.14. The lowest BCUT2D eigenvalue weighted by atomic mass is 10.1. The van der Waals surface area contributed by atoms with Gasteiger partial charge in [0.05, 0.1) is 0 Å². The number of anilines is 2. The summed E-state index contributed by atoms with van der Waals surface area (Å²) in [6.07, 6.45) is 1.98. The lowest BCUT2D eigenvalue weighted by Crippen LogP contribution is -2.16. The van der Waals surface area contributed by atoms with Crippen molar-refractivity contribution in [1.82, 2.24) is 9.97 Å². The number of carbonyl (C=O) groups is 1. The molecule has 0 saturated carbocycles. The third-order valence-corrected chi connectivity index (χ3v) is 3.88. The topological polar surface area (TPSA) is 66.9 Å². The van der Waals surface area contributed by atoms with Crippen molar-refractivity contribution >= 4 is 29.1 Å². The van der Waals surface area contributed by atoms with Crippen LogP contribution in [0.3, 0.4) is 0 Å². The van der Waals surface area contributed by atoms with Gasteiger partial charge in [-0.05, 0) is 48.4 Å². The summed E-state index contributed by atoms with van der Waals surface area (Å²) in [6, 6.07) is 14.9. The van der Waals surface area contributed by atoms with Crippen LogP contribution < -0.4 is 10.6 Å². The second kappa shape index (κ2) is 8.40. The normalized spacial score (nSPS) is 10.4. The quantitative estimate of drug-likeness (QED) is 0.683. The smallest absolute Gasteiger partial charge is 0.274 e. The van der Waals surface area contributed by atoms with Crippen molar-refractivity contribution < 1.29 is 9.18 Å². The van der Waals surface area contributed by atoms with Crippen LogP contribution in [0.4, 0.5) is 16.0 Å². The highest BCUT2D eigenvalue weighted by molar-refractivity contribution is 6.30. The molecular formula is C19H16ClFN4O. The number of hydrogen-bond donors (Lipinski definition) is 2. The molecule has 5 nitrogen and oxygen atoms in total. The van der Waals surface area contributed by atoms with Gasteiger partial charge in [0.25, 0.3) is 5.91 Å². The number of aromatic nitrogens is 2. The molecule has 1 aromatic heterocycles. The first-order valence-electron chi connectivity index (χ1n) is 7.99. The van der Waals surface area contributed by atoms with Gasteiger partial charge in [0.2, 0.25) is 5.95 Å². The number of carbonyl (C=O) groups excluding carboxylic acids is 1. The van der Waals surface area contributed by atoms with Crippen LogP contribution in [-0.4, -0.2) is 22.4 Å². The fraction of sp³-hybridized carbons (Fsp3) is 0.105. The molecule has 1 amide bonds. The van der Waals surface area contributed by atoms with E-state index in [-0.39, 0.29) is 17.4 Å². The zero-order valence-corrected chi connectivity index (χ0v) is 14.5. The van der Waals surface area contributed by atoms with Gasteiger partial charge in [0, 0.05) is 23.5 Å². The summed E-state index contributed by atoms with van der Waals surface area (Å²) < 4.78 is 13.6. The second-order valence-corrected chi connectivity index (χ2v) is 5.93. The minimum absolute atomic E-state index is 0.225. The standard InChI is InChI=1S/C19H16ClFN4O/c20-14-5-7-15(8-6-14)24-18(26)17-10-12-23-19(25-17)22-11-9-13-3-1-2-4-16(13)21/h1-8,10,12H,9,11H2,(H,24,26)(H,22,23,25). The van der Waals surface area contributed by atoms with Crippen LogP contribution >= 0.6 is 11.6 Å².